The molecule has 7 nitrogen and oxygen atoms in total. The van der Waals surface area contributed by atoms with E-state index in [0.717, 1.165) is 6.92 Å². The molecule has 0 heterocycles. The highest BCUT2D eigenvalue weighted by molar-refractivity contribution is 5.65. The van der Waals surface area contributed by atoms with Gasteiger partial charge in [-0.25, -0.2) is 0 Å². The molecule has 15 heavy (non-hydrogen) atoms. The van der Waals surface area contributed by atoms with E-state index in [1.54, 1.807) is 0 Å². The van der Waals surface area contributed by atoms with Gasteiger partial charge in [-0.3, -0.25) is 4.79 Å². The largest absolute Gasteiger partial charge is 0.436 e. The minimum Gasteiger partial charge on any atom is -0.436 e. The zero-order valence-corrected chi connectivity index (χ0v) is 8.28. The standard InChI is InChI=1S/C8H16O7/c1-4(10)15-7(13)2-5(11)8(14)6(12)3-9/h5-9,11-14H,2-3H2,1H3/t5-,6-,7?,8+/m0/s1. The van der Waals surface area contributed by atoms with Gasteiger partial charge in [0.2, 0.25) is 6.29 Å². The van der Waals surface area contributed by atoms with Crippen molar-refractivity contribution in [1.29, 1.82) is 0 Å². The Balaban J connectivity index is 4.00. The molecular formula is C8H16O7. The molecule has 0 saturated carbocycles. The molecule has 4 atom stereocenters. The van der Waals surface area contributed by atoms with E-state index in [2.05, 4.69) is 4.74 Å². The summed E-state index contributed by atoms with van der Waals surface area (Å²) in [5, 5.41) is 44.8. The lowest BCUT2D eigenvalue weighted by atomic mass is 10.1. The average Bonchev–Trinajstić information content (AvgIpc) is 2.13. The number of rotatable bonds is 6. The summed E-state index contributed by atoms with van der Waals surface area (Å²) in [6.45, 7) is 0.358. The third kappa shape index (κ3) is 5.65. The SMILES string of the molecule is CC(=O)OC(O)C[C@H](O)[C@@H](O)[C@@H](O)CO. The van der Waals surface area contributed by atoms with Crippen molar-refractivity contribution >= 4 is 5.97 Å². The highest BCUT2D eigenvalue weighted by Gasteiger charge is 2.26. The lowest BCUT2D eigenvalue weighted by molar-refractivity contribution is -0.174. The van der Waals surface area contributed by atoms with Crippen molar-refractivity contribution < 1.29 is 35.1 Å². The van der Waals surface area contributed by atoms with E-state index in [1.165, 1.54) is 0 Å². The quantitative estimate of drug-likeness (QED) is 0.246. The number of esters is 1. The van der Waals surface area contributed by atoms with Gasteiger partial charge in [-0.15, -0.1) is 0 Å². The van der Waals surface area contributed by atoms with Crippen LogP contribution in [-0.2, 0) is 9.53 Å². The number of aliphatic hydroxyl groups is 5. The van der Waals surface area contributed by atoms with E-state index in [4.69, 9.17) is 20.4 Å². The third-order valence-electron chi connectivity index (χ3n) is 1.72. The van der Waals surface area contributed by atoms with Crippen LogP contribution in [0.3, 0.4) is 0 Å². The van der Waals surface area contributed by atoms with Crippen LogP contribution in [0.4, 0.5) is 0 Å². The van der Waals surface area contributed by atoms with Gasteiger partial charge in [0.25, 0.3) is 0 Å². The van der Waals surface area contributed by atoms with Crippen molar-refractivity contribution in [3.8, 4) is 0 Å². The van der Waals surface area contributed by atoms with Crippen LogP contribution in [0.15, 0.2) is 0 Å². The minimum atomic E-state index is -1.61. The monoisotopic (exact) mass is 224 g/mol. The highest BCUT2D eigenvalue weighted by Crippen LogP contribution is 2.08. The van der Waals surface area contributed by atoms with Gasteiger partial charge in [-0.2, -0.15) is 0 Å². The van der Waals surface area contributed by atoms with Crippen LogP contribution in [0.25, 0.3) is 0 Å². The van der Waals surface area contributed by atoms with Crippen LogP contribution < -0.4 is 0 Å². The van der Waals surface area contributed by atoms with E-state index in [1.807, 2.05) is 0 Å². The molecule has 0 aromatic rings. The zero-order valence-electron chi connectivity index (χ0n) is 8.28. The summed E-state index contributed by atoms with van der Waals surface area (Å²) in [6.07, 6.45) is -6.62. The van der Waals surface area contributed by atoms with Crippen molar-refractivity contribution in [3.05, 3.63) is 0 Å². The van der Waals surface area contributed by atoms with E-state index >= 15 is 0 Å². The summed E-state index contributed by atoms with van der Waals surface area (Å²) in [5.41, 5.74) is 0. The molecule has 0 spiro atoms. The summed E-state index contributed by atoms with van der Waals surface area (Å²) >= 11 is 0. The fraction of sp³-hybridized carbons (Fsp3) is 0.875. The van der Waals surface area contributed by atoms with Crippen LogP contribution in [0.2, 0.25) is 0 Å². The van der Waals surface area contributed by atoms with Crippen molar-refractivity contribution in [1.82, 2.24) is 0 Å². The van der Waals surface area contributed by atoms with Crippen LogP contribution in [0.1, 0.15) is 13.3 Å². The Kier molecular flexibility index (Phi) is 6.37. The molecule has 1 unspecified atom stereocenters. The maximum atomic E-state index is 10.4. The van der Waals surface area contributed by atoms with Crippen molar-refractivity contribution in [3.63, 3.8) is 0 Å². The smallest absolute Gasteiger partial charge is 0.304 e. The van der Waals surface area contributed by atoms with Crippen molar-refractivity contribution in [2.24, 2.45) is 0 Å². The van der Waals surface area contributed by atoms with Crippen molar-refractivity contribution in [2.75, 3.05) is 6.61 Å². The molecule has 0 aliphatic rings. The molecule has 0 aliphatic carbocycles. The second kappa shape index (κ2) is 6.70. The number of ether oxygens (including phenoxy) is 1. The normalized spacial score (nSPS) is 19.1. The Bertz CT molecular complexity index is 195. The first kappa shape index (κ1) is 14.3. The summed E-state index contributed by atoms with van der Waals surface area (Å²) in [5.74, 6) is -0.730. The molecule has 0 rings (SSSR count). The van der Waals surface area contributed by atoms with Crippen LogP contribution in [-0.4, -0.2) is 62.7 Å². The fourth-order valence-electron chi connectivity index (χ4n) is 0.950. The van der Waals surface area contributed by atoms with E-state index in [0.29, 0.717) is 0 Å². The summed E-state index contributed by atoms with van der Waals surface area (Å²) in [4.78, 5) is 10.4. The molecule has 0 fully saturated rings. The Morgan fingerprint density at radius 2 is 1.73 bits per heavy atom. The van der Waals surface area contributed by atoms with Gasteiger partial charge in [0.15, 0.2) is 0 Å². The average molecular weight is 224 g/mol. The Labute approximate surface area is 86.5 Å². The molecule has 0 bridgehead atoms. The third-order valence-corrected chi connectivity index (χ3v) is 1.72. The van der Waals surface area contributed by atoms with Gasteiger partial charge in [0.1, 0.15) is 12.2 Å². The summed E-state index contributed by atoms with van der Waals surface area (Å²) < 4.78 is 4.29. The van der Waals surface area contributed by atoms with Gasteiger partial charge in [0.05, 0.1) is 12.7 Å². The van der Waals surface area contributed by atoms with Gasteiger partial charge in [0, 0.05) is 13.3 Å². The van der Waals surface area contributed by atoms with Crippen molar-refractivity contribution in [2.45, 2.75) is 37.9 Å². The maximum Gasteiger partial charge on any atom is 0.304 e. The van der Waals surface area contributed by atoms with Gasteiger partial charge in [-0.1, -0.05) is 0 Å². The van der Waals surface area contributed by atoms with Crippen LogP contribution >= 0.6 is 0 Å². The topological polar surface area (TPSA) is 127 Å². The lowest BCUT2D eigenvalue weighted by Crippen LogP contribution is -2.41. The second-order valence-corrected chi connectivity index (χ2v) is 3.11. The summed E-state index contributed by atoms with van der Waals surface area (Å²) in [7, 11) is 0. The molecule has 7 heteroatoms. The number of hydrogen-bond donors (Lipinski definition) is 5. The molecule has 0 aliphatic heterocycles. The molecular weight excluding hydrogens is 208 g/mol. The Hall–Kier alpha value is -0.730. The van der Waals surface area contributed by atoms with E-state index < -0.39 is 43.6 Å². The van der Waals surface area contributed by atoms with Crippen LogP contribution in [0.5, 0.6) is 0 Å². The molecule has 0 saturated heterocycles. The second-order valence-electron chi connectivity index (χ2n) is 3.11. The Morgan fingerprint density at radius 1 is 1.20 bits per heavy atom. The number of aliphatic hydroxyl groups excluding tert-OH is 5. The summed E-state index contributed by atoms with van der Waals surface area (Å²) in [6, 6.07) is 0. The first-order valence-electron chi connectivity index (χ1n) is 4.38. The minimum absolute atomic E-state index is 0.447. The molecule has 0 amide bonds. The van der Waals surface area contributed by atoms with Gasteiger partial charge < -0.3 is 30.3 Å². The molecule has 0 radical (unpaired) electrons. The maximum absolute atomic E-state index is 10.4. The molecule has 90 valence electrons. The first-order chi connectivity index (χ1) is 6.88. The Morgan fingerprint density at radius 3 is 2.13 bits per heavy atom. The number of hydrogen-bond acceptors (Lipinski definition) is 7. The van der Waals surface area contributed by atoms with E-state index in [-0.39, 0.29) is 0 Å². The predicted molar refractivity (Wildman–Crippen MR) is 47.5 cm³/mol. The van der Waals surface area contributed by atoms with E-state index in [9.17, 15) is 9.90 Å². The number of carbonyl (C=O) groups excluding carboxylic acids is 1. The van der Waals surface area contributed by atoms with Gasteiger partial charge in [-0.05, 0) is 0 Å². The predicted octanol–water partition coefficient (Wildman–Crippen LogP) is -2.67. The highest BCUT2D eigenvalue weighted by atomic mass is 16.6. The molecule has 5 N–H and O–H groups in total. The first-order valence-corrected chi connectivity index (χ1v) is 4.38. The lowest BCUT2D eigenvalue weighted by Gasteiger charge is -2.23. The zero-order chi connectivity index (χ0) is 12.0. The molecule has 0 aromatic carbocycles. The van der Waals surface area contributed by atoms with Crippen LogP contribution in [0, 0.1) is 0 Å². The molecule has 0 aromatic heterocycles. The van der Waals surface area contributed by atoms with Gasteiger partial charge >= 0.3 is 5.97 Å². The number of carbonyl (C=O) groups is 1. The fourth-order valence-corrected chi connectivity index (χ4v) is 0.950.